The highest BCUT2D eigenvalue weighted by atomic mass is 32.2. The number of hydrogen-bond donors (Lipinski definition) is 0. The maximum absolute atomic E-state index is 5.37. The van der Waals surface area contributed by atoms with Crippen LogP contribution >= 0.6 is 23.1 Å². The molecule has 118 valence electrons. The number of hydrogen-bond acceptors (Lipinski definition) is 7. The van der Waals surface area contributed by atoms with Gasteiger partial charge in [-0.1, -0.05) is 16.9 Å². The average molecular weight is 344 g/mol. The van der Waals surface area contributed by atoms with Gasteiger partial charge >= 0.3 is 0 Å². The number of fused-ring (bicyclic) bond motifs is 3. The molecule has 1 fully saturated rings. The summed E-state index contributed by atoms with van der Waals surface area (Å²) in [5.41, 5.74) is 1.48. The molecule has 0 unspecified atom stereocenters. The summed E-state index contributed by atoms with van der Waals surface area (Å²) in [6, 6.07) is 0. The van der Waals surface area contributed by atoms with E-state index in [0.717, 1.165) is 22.1 Å². The summed E-state index contributed by atoms with van der Waals surface area (Å²) in [5.74, 6) is 2.79. The molecule has 2 aliphatic rings. The fourth-order valence-corrected chi connectivity index (χ4v) is 5.29. The summed E-state index contributed by atoms with van der Waals surface area (Å²) in [6.45, 7) is 0. The average Bonchev–Trinajstić information content (AvgIpc) is 3.20. The van der Waals surface area contributed by atoms with Crippen molar-refractivity contribution in [1.29, 1.82) is 0 Å². The van der Waals surface area contributed by atoms with Gasteiger partial charge < -0.3 is 4.52 Å². The van der Waals surface area contributed by atoms with Crippen molar-refractivity contribution in [2.24, 2.45) is 0 Å². The second-order valence-electron chi connectivity index (χ2n) is 6.18. The quantitative estimate of drug-likeness (QED) is 0.524. The third-order valence-corrected chi connectivity index (χ3v) is 6.65. The molecule has 0 bridgehead atoms. The SMILES string of the molecule is c1nc(SCc2nc(C3CC3)no2)c2c3c(sc2n1)CCCC3. The topological polar surface area (TPSA) is 64.7 Å². The van der Waals surface area contributed by atoms with Gasteiger partial charge in [0.2, 0.25) is 5.89 Å². The lowest BCUT2D eigenvalue weighted by atomic mass is 9.97. The molecule has 2 aliphatic carbocycles. The van der Waals surface area contributed by atoms with E-state index in [4.69, 9.17) is 4.52 Å². The Balaban J connectivity index is 1.43. The standard InChI is InChI=1S/C16H16N4OS2/c1-2-4-11-10(3-1)13-15(17-8-18-16(13)23-11)22-7-12-19-14(20-21-12)9-5-6-9/h8-9H,1-7H2. The van der Waals surface area contributed by atoms with Gasteiger partial charge in [-0.2, -0.15) is 4.98 Å². The molecule has 0 radical (unpaired) electrons. The molecule has 0 amide bonds. The largest absolute Gasteiger partial charge is 0.338 e. The third kappa shape index (κ3) is 2.55. The van der Waals surface area contributed by atoms with Crippen LogP contribution in [-0.2, 0) is 18.6 Å². The summed E-state index contributed by atoms with van der Waals surface area (Å²) in [7, 11) is 0. The fourth-order valence-electron chi connectivity index (χ4n) is 3.13. The molecule has 5 rings (SSSR count). The summed E-state index contributed by atoms with van der Waals surface area (Å²) in [5, 5.41) is 6.40. The highest BCUT2D eigenvalue weighted by molar-refractivity contribution is 7.98. The Labute approximate surface area is 141 Å². The Kier molecular flexibility index (Phi) is 3.37. The molecule has 3 aromatic rings. The van der Waals surface area contributed by atoms with E-state index in [1.807, 2.05) is 11.3 Å². The summed E-state index contributed by atoms with van der Waals surface area (Å²) in [6.07, 6.45) is 8.97. The molecular formula is C16H16N4OS2. The normalized spacial score (nSPS) is 17.6. The number of nitrogens with zero attached hydrogens (tertiary/aromatic N) is 4. The lowest BCUT2D eigenvalue weighted by Gasteiger charge is -2.11. The lowest BCUT2D eigenvalue weighted by molar-refractivity contribution is 0.385. The van der Waals surface area contributed by atoms with E-state index in [-0.39, 0.29) is 0 Å². The van der Waals surface area contributed by atoms with Crippen molar-refractivity contribution in [1.82, 2.24) is 20.1 Å². The molecule has 0 saturated heterocycles. The van der Waals surface area contributed by atoms with Crippen LogP contribution in [0, 0.1) is 0 Å². The van der Waals surface area contributed by atoms with Crippen molar-refractivity contribution in [2.75, 3.05) is 0 Å². The zero-order valence-corrected chi connectivity index (χ0v) is 14.3. The summed E-state index contributed by atoms with van der Waals surface area (Å²) < 4.78 is 5.37. The number of thiophene rings is 1. The van der Waals surface area contributed by atoms with Gasteiger partial charge in [0.25, 0.3) is 0 Å². The molecular weight excluding hydrogens is 328 g/mol. The van der Waals surface area contributed by atoms with Crippen LogP contribution in [0.4, 0.5) is 0 Å². The first-order valence-electron chi connectivity index (χ1n) is 8.09. The highest BCUT2D eigenvalue weighted by Crippen LogP contribution is 2.40. The van der Waals surface area contributed by atoms with Crippen LogP contribution in [0.2, 0.25) is 0 Å². The van der Waals surface area contributed by atoms with Gasteiger partial charge in [-0.15, -0.1) is 11.3 Å². The Morgan fingerprint density at radius 3 is 3.04 bits per heavy atom. The predicted molar refractivity (Wildman–Crippen MR) is 89.9 cm³/mol. The molecule has 3 aromatic heterocycles. The van der Waals surface area contributed by atoms with E-state index in [0.29, 0.717) is 17.6 Å². The van der Waals surface area contributed by atoms with Crippen molar-refractivity contribution in [3.63, 3.8) is 0 Å². The molecule has 3 heterocycles. The van der Waals surface area contributed by atoms with Crippen LogP contribution in [-0.4, -0.2) is 20.1 Å². The second-order valence-corrected chi connectivity index (χ2v) is 8.23. The van der Waals surface area contributed by atoms with Crippen molar-refractivity contribution in [2.45, 2.75) is 55.2 Å². The number of aromatic nitrogens is 4. The van der Waals surface area contributed by atoms with Gasteiger partial charge in [0.1, 0.15) is 16.2 Å². The van der Waals surface area contributed by atoms with Gasteiger partial charge in [0.05, 0.1) is 5.75 Å². The minimum Gasteiger partial charge on any atom is -0.338 e. The van der Waals surface area contributed by atoms with Crippen LogP contribution in [0.25, 0.3) is 10.2 Å². The van der Waals surface area contributed by atoms with Gasteiger partial charge in [-0.25, -0.2) is 9.97 Å². The molecule has 23 heavy (non-hydrogen) atoms. The van der Waals surface area contributed by atoms with E-state index < -0.39 is 0 Å². The second kappa shape index (κ2) is 5.56. The van der Waals surface area contributed by atoms with Crippen LogP contribution in [0.5, 0.6) is 0 Å². The molecule has 0 atom stereocenters. The summed E-state index contributed by atoms with van der Waals surface area (Å²) in [4.78, 5) is 16.1. The third-order valence-electron chi connectivity index (χ3n) is 4.48. The van der Waals surface area contributed by atoms with Crippen LogP contribution < -0.4 is 0 Å². The van der Waals surface area contributed by atoms with Crippen molar-refractivity contribution >= 4 is 33.3 Å². The van der Waals surface area contributed by atoms with E-state index in [1.54, 1.807) is 18.1 Å². The Hall–Kier alpha value is -1.47. The molecule has 0 N–H and O–H groups in total. The van der Waals surface area contributed by atoms with Gasteiger partial charge in [0.15, 0.2) is 5.82 Å². The summed E-state index contributed by atoms with van der Waals surface area (Å²) >= 11 is 3.52. The van der Waals surface area contributed by atoms with Gasteiger partial charge in [-0.05, 0) is 44.1 Å². The Morgan fingerprint density at radius 2 is 2.13 bits per heavy atom. The van der Waals surface area contributed by atoms with Crippen LogP contribution in [0.15, 0.2) is 15.9 Å². The molecule has 5 nitrogen and oxygen atoms in total. The molecule has 7 heteroatoms. The van der Waals surface area contributed by atoms with Crippen molar-refractivity contribution < 1.29 is 4.52 Å². The first-order chi connectivity index (χ1) is 11.4. The molecule has 0 spiro atoms. The zero-order valence-electron chi connectivity index (χ0n) is 12.6. The van der Waals surface area contributed by atoms with Crippen LogP contribution in [0.3, 0.4) is 0 Å². The number of thioether (sulfide) groups is 1. The molecule has 0 aromatic carbocycles. The Morgan fingerprint density at radius 1 is 1.22 bits per heavy atom. The van der Waals surface area contributed by atoms with Crippen molar-refractivity contribution in [3.05, 3.63) is 28.5 Å². The lowest BCUT2D eigenvalue weighted by Crippen LogP contribution is -1.99. The first kappa shape index (κ1) is 13.9. The van der Waals surface area contributed by atoms with Gasteiger partial charge in [-0.3, -0.25) is 0 Å². The van der Waals surface area contributed by atoms with Crippen molar-refractivity contribution in [3.8, 4) is 0 Å². The van der Waals surface area contributed by atoms with E-state index >= 15 is 0 Å². The predicted octanol–water partition coefficient (Wildman–Crippen LogP) is 4.12. The van der Waals surface area contributed by atoms with Gasteiger partial charge in [0, 0.05) is 16.2 Å². The number of rotatable bonds is 4. The smallest absolute Gasteiger partial charge is 0.237 e. The first-order valence-corrected chi connectivity index (χ1v) is 9.89. The number of aryl methyl sites for hydroxylation is 2. The Bertz CT molecular complexity index is 868. The van der Waals surface area contributed by atoms with Crippen LogP contribution in [0.1, 0.15) is 53.8 Å². The minimum absolute atomic E-state index is 0.534. The monoisotopic (exact) mass is 344 g/mol. The van der Waals surface area contributed by atoms with E-state index in [1.165, 1.54) is 47.9 Å². The highest BCUT2D eigenvalue weighted by Gasteiger charge is 2.29. The minimum atomic E-state index is 0.534. The maximum Gasteiger partial charge on any atom is 0.237 e. The fraction of sp³-hybridized carbons (Fsp3) is 0.500. The van der Waals surface area contributed by atoms with E-state index in [2.05, 4.69) is 20.1 Å². The zero-order chi connectivity index (χ0) is 15.2. The van der Waals surface area contributed by atoms with E-state index in [9.17, 15) is 0 Å². The molecule has 0 aliphatic heterocycles. The maximum atomic E-state index is 5.37. The molecule has 1 saturated carbocycles.